The molecule has 1 saturated carbocycles. The zero-order valence-electron chi connectivity index (χ0n) is 26.9. The first-order valence-electron chi connectivity index (χ1n) is 15.8. The van der Waals surface area contributed by atoms with Crippen molar-refractivity contribution in [3.05, 3.63) is 70.8 Å². The molecule has 1 spiro atoms. The standard InChI is InChI=1S/C33H41F3N8O2/c1-20(2)21-13-17-32(18-14-21)39-28(24-7-6-8-26(38-24)33(34,35)36)30(46)44(32)25(15-16-31(3,4)5)22-9-11-23(12-10-22)29(45)37-19-27-40-42-43-41-27/h6-12,20-21,25H,13-19H2,1-5H3,(H,37,45)(H,40,41,42,43)/t21?,25-,32?/m1/s1. The molecule has 1 atom stereocenters. The maximum absolute atomic E-state index is 14.5. The number of hydrogen-bond donors (Lipinski definition) is 2. The van der Waals surface area contributed by atoms with Gasteiger partial charge in [0.2, 0.25) is 0 Å². The van der Waals surface area contributed by atoms with Crippen molar-refractivity contribution in [2.45, 2.75) is 97.6 Å². The number of alkyl halides is 3. The summed E-state index contributed by atoms with van der Waals surface area (Å²) in [6, 6.07) is 10.3. The van der Waals surface area contributed by atoms with Gasteiger partial charge in [-0.05, 0) is 85.6 Å². The molecule has 1 aliphatic heterocycles. The molecular formula is C33H41F3N8O2. The molecule has 246 valence electrons. The summed E-state index contributed by atoms with van der Waals surface area (Å²) < 4.78 is 40.9. The first-order chi connectivity index (χ1) is 21.7. The summed E-state index contributed by atoms with van der Waals surface area (Å²) in [7, 11) is 0. The number of carbonyl (C=O) groups is 2. The number of tetrazole rings is 1. The molecule has 46 heavy (non-hydrogen) atoms. The van der Waals surface area contributed by atoms with Gasteiger partial charge in [0, 0.05) is 5.56 Å². The minimum atomic E-state index is -4.65. The number of aromatic nitrogens is 5. The summed E-state index contributed by atoms with van der Waals surface area (Å²) in [5.74, 6) is 0.544. The topological polar surface area (TPSA) is 129 Å². The van der Waals surface area contributed by atoms with Gasteiger partial charge in [-0.25, -0.2) is 9.98 Å². The third-order valence-corrected chi connectivity index (χ3v) is 9.08. The Morgan fingerprint density at radius 1 is 1.09 bits per heavy atom. The number of rotatable bonds is 9. The van der Waals surface area contributed by atoms with Gasteiger partial charge >= 0.3 is 6.18 Å². The summed E-state index contributed by atoms with van der Waals surface area (Å²) in [6.45, 7) is 10.9. The zero-order chi connectivity index (χ0) is 33.3. The highest BCUT2D eigenvalue weighted by Gasteiger charge is 2.52. The van der Waals surface area contributed by atoms with Crippen molar-refractivity contribution in [2.24, 2.45) is 22.2 Å². The van der Waals surface area contributed by atoms with Crippen LogP contribution in [0.3, 0.4) is 0 Å². The Labute approximate surface area is 266 Å². The minimum absolute atomic E-state index is 0.0349. The molecule has 2 aliphatic rings. The summed E-state index contributed by atoms with van der Waals surface area (Å²) >= 11 is 0. The maximum atomic E-state index is 14.5. The number of carbonyl (C=O) groups excluding carboxylic acids is 2. The number of nitrogens with one attached hydrogen (secondary N) is 2. The second-order valence-electron chi connectivity index (χ2n) is 13.9. The molecule has 13 heteroatoms. The molecule has 2 aromatic heterocycles. The first kappa shape index (κ1) is 33.2. The Hall–Kier alpha value is -4.16. The number of hydrogen-bond acceptors (Lipinski definition) is 7. The SMILES string of the molecule is CC(C)C1CCC2(CC1)N=C(c1cccc(C(F)(F)F)n1)C(=O)N2[C@H](CCC(C)(C)C)c1ccc(C(=O)NCc2nn[nH]n2)cc1. The van der Waals surface area contributed by atoms with E-state index in [0.29, 0.717) is 42.5 Å². The van der Waals surface area contributed by atoms with E-state index in [9.17, 15) is 22.8 Å². The van der Waals surface area contributed by atoms with Gasteiger partial charge < -0.3 is 10.2 Å². The molecule has 3 heterocycles. The van der Waals surface area contributed by atoms with Gasteiger partial charge in [0.1, 0.15) is 11.4 Å². The Morgan fingerprint density at radius 3 is 2.37 bits per heavy atom. The molecule has 2 N–H and O–H groups in total. The zero-order valence-corrected chi connectivity index (χ0v) is 26.9. The van der Waals surface area contributed by atoms with Crippen LogP contribution >= 0.6 is 0 Å². The lowest BCUT2D eigenvalue weighted by molar-refractivity contribution is -0.141. The number of pyridine rings is 1. The number of halogens is 3. The molecule has 1 aromatic carbocycles. The number of nitrogens with zero attached hydrogens (tertiary/aromatic N) is 6. The van der Waals surface area contributed by atoms with Crippen LogP contribution in [0.5, 0.6) is 0 Å². The highest BCUT2D eigenvalue weighted by Crippen LogP contribution is 2.48. The number of amides is 2. The van der Waals surface area contributed by atoms with Gasteiger partial charge in [0.05, 0.1) is 18.3 Å². The Morgan fingerprint density at radius 2 is 1.78 bits per heavy atom. The summed E-state index contributed by atoms with van der Waals surface area (Å²) in [5, 5.41) is 16.3. The van der Waals surface area contributed by atoms with Gasteiger partial charge in [-0.2, -0.15) is 18.4 Å². The van der Waals surface area contributed by atoms with E-state index in [1.807, 2.05) is 17.0 Å². The normalized spacial score (nSPS) is 21.2. The molecule has 2 amide bonds. The Kier molecular flexibility index (Phi) is 9.33. The highest BCUT2D eigenvalue weighted by molar-refractivity contribution is 6.46. The monoisotopic (exact) mass is 638 g/mol. The van der Waals surface area contributed by atoms with Crippen molar-refractivity contribution in [1.29, 1.82) is 0 Å². The molecule has 0 unspecified atom stereocenters. The number of H-pyrrole nitrogens is 1. The highest BCUT2D eigenvalue weighted by atomic mass is 19.4. The number of benzene rings is 1. The predicted molar refractivity (Wildman–Crippen MR) is 165 cm³/mol. The van der Waals surface area contributed by atoms with Crippen LogP contribution < -0.4 is 5.32 Å². The summed E-state index contributed by atoms with van der Waals surface area (Å²) in [6.07, 6.45) is -0.374. The predicted octanol–water partition coefficient (Wildman–Crippen LogP) is 6.28. The van der Waals surface area contributed by atoms with Gasteiger partial charge in [0.25, 0.3) is 11.8 Å². The third-order valence-electron chi connectivity index (χ3n) is 9.08. The molecule has 1 aliphatic carbocycles. The molecule has 0 radical (unpaired) electrons. The van der Waals surface area contributed by atoms with Crippen molar-refractivity contribution in [1.82, 2.24) is 35.8 Å². The fraction of sp³-hybridized carbons (Fsp3) is 0.545. The Balaban J connectivity index is 1.51. The summed E-state index contributed by atoms with van der Waals surface area (Å²) in [4.78, 5) is 38.0. The average Bonchev–Trinajstić information content (AvgIpc) is 3.62. The second-order valence-corrected chi connectivity index (χ2v) is 13.9. The van der Waals surface area contributed by atoms with Crippen LogP contribution in [-0.4, -0.2) is 53.7 Å². The van der Waals surface area contributed by atoms with Crippen molar-refractivity contribution in [3.63, 3.8) is 0 Å². The molecule has 10 nitrogen and oxygen atoms in total. The van der Waals surface area contributed by atoms with Crippen LogP contribution in [0, 0.1) is 17.3 Å². The maximum Gasteiger partial charge on any atom is 0.433 e. The van der Waals surface area contributed by atoms with E-state index in [4.69, 9.17) is 4.99 Å². The summed E-state index contributed by atoms with van der Waals surface area (Å²) in [5.41, 5.74) is -0.878. The van der Waals surface area contributed by atoms with Crippen LogP contribution in [0.4, 0.5) is 13.2 Å². The van der Waals surface area contributed by atoms with Crippen molar-refractivity contribution in [2.75, 3.05) is 0 Å². The molecule has 0 saturated heterocycles. The van der Waals surface area contributed by atoms with E-state index in [1.54, 1.807) is 12.1 Å². The van der Waals surface area contributed by atoms with E-state index < -0.39 is 29.5 Å². The third kappa shape index (κ3) is 7.28. The molecule has 3 aromatic rings. The van der Waals surface area contributed by atoms with E-state index >= 15 is 0 Å². The lowest BCUT2D eigenvalue weighted by Gasteiger charge is -2.46. The van der Waals surface area contributed by atoms with Crippen LogP contribution in [0.2, 0.25) is 0 Å². The van der Waals surface area contributed by atoms with Gasteiger partial charge in [-0.15, -0.1) is 10.2 Å². The first-order valence-corrected chi connectivity index (χ1v) is 15.8. The fourth-order valence-corrected chi connectivity index (χ4v) is 6.45. The largest absolute Gasteiger partial charge is 0.433 e. The van der Waals surface area contributed by atoms with Gasteiger partial charge in [0.15, 0.2) is 11.5 Å². The Bertz CT molecular complexity index is 1550. The van der Waals surface area contributed by atoms with Crippen molar-refractivity contribution in [3.8, 4) is 0 Å². The van der Waals surface area contributed by atoms with Crippen molar-refractivity contribution >= 4 is 17.5 Å². The minimum Gasteiger partial charge on any atom is -0.345 e. The quantitative estimate of drug-likeness (QED) is 0.284. The van der Waals surface area contributed by atoms with Crippen LogP contribution in [0.1, 0.15) is 112 Å². The number of aromatic amines is 1. The second kappa shape index (κ2) is 12.9. The van der Waals surface area contributed by atoms with Gasteiger partial charge in [-0.3, -0.25) is 9.59 Å². The van der Waals surface area contributed by atoms with Crippen LogP contribution in [-0.2, 0) is 17.5 Å². The fourth-order valence-electron chi connectivity index (χ4n) is 6.45. The van der Waals surface area contributed by atoms with E-state index in [1.165, 1.54) is 12.1 Å². The van der Waals surface area contributed by atoms with Crippen LogP contribution in [0.15, 0.2) is 47.5 Å². The molecule has 0 bridgehead atoms. The average molecular weight is 639 g/mol. The van der Waals surface area contributed by atoms with Gasteiger partial charge in [-0.1, -0.05) is 58.0 Å². The lowest BCUT2D eigenvalue weighted by atomic mass is 9.75. The van der Waals surface area contributed by atoms with E-state index in [-0.39, 0.29) is 29.3 Å². The molecular weight excluding hydrogens is 597 g/mol. The molecule has 5 rings (SSSR count). The van der Waals surface area contributed by atoms with Crippen molar-refractivity contribution < 1.29 is 22.8 Å². The van der Waals surface area contributed by atoms with E-state index in [2.05, 4.69) is 65.5 Å². The lowest BCUT2D eigenvalue weighted by Crippen LogP contribution is -2.51. The smallest absolute Gasteiger partial charge is 0.345 e. The molecule has 1 fully saturated rings. The van der Waals surface area contributed by atoms with E-state index in [0.717, 1.165) is 30.9 Å². The number of aliphatic imine (C=N–C) groups is 1. The van der Waals surface area contributed by atoms with Crippen LogP contribution in [0.25, 0.3) is 0 Å².